The minimum atomic E-state index is -5.42. The van der Waals surface area contributed by atoms with Crippen molar-refractivity contribution in [2.45, 2.75) is 46.2 Å². The summed E-state index contributed by atoms with van der Waals surface area (Å²) in [5.74, 6) is 0. The minimum Gasteiger partial charge on any atom is -0.352 e. The number of nitrogens with zero attached hydrogens (tertiary/aromatic N) is 1. The van der Waals surface area contributed by atoms with E-state index in [1.165, 1.54) is 6.92 Å². The van der Waals surface area contributed by atoms with E-state index in [1.54, 1.807) is 43.9 Å². The summed E-state index contributed by atoms with van der Waals surface area (Å²) in [6.45, 7) is 5.11. The minimum absolute atomic E-state index is 0.227. The molecule has 0 aliphatic carbocycles. The number of aryl methyl sites for hydroxylation is 2. The Balaban J connectivity index is 2.30. The van der Waals surface area contributed by atoms with E-state index in [0.717, 1.165) is 11.1 Å². The van der Waals surface area contributed by atoms with Gasteiger partial charge in [0.05, 0.1) is 16.7 Å². The lowest BCUT2D eigenvalue weighted by Gasteiger charge is -2.27. The SMILES string of the molecule is CC1=C(C)N(c2c(C)cccc2C)CB1c1c(C(F)(F)F)cc(C(F)(F)F)cc1C(F)(F)F. The summed E-state index contributed by atoms with van der Waals surface area (Å²) in [7, 11) is 0. The van der Waals surface area contributed by atoms with Crippen molar-refractivity contribution in [3.05, 3.63) is 69.3 Å². The first-order chi connectivity index (χ1) is 14.9. The van der Waals surface area contributed by atoms with Crippen molar-refractivity contribution in [1.29, 1.82) is 0 Å². The highest BCUT2D eigenvalue weighted by molar-refractivity contribution is 6.82. The largest absolute Gasteiger partial charge is 0.416 e. The van der Waals surface area contributed by atoms with Gasteiger partial charge in [0.1, 0.15) is 0 Å². The molecule has 0 atom stereocenters. The van der Waals surface area contributed by atoms with Gasteiger partial charge < -0.3 is 4.90 Å². The van der Waals surface area contributed by atoms with Gasteiger partial charge in [0, 0.05) is 17.8 Å². The fraction of sp³-hybridized carbons (Fsp3) is 0.364. The molecule has 33 heavy (non-hydrogen) atoms. The summed E-state index contributed by atoms with van der Waals surface area (Å²) in [5, 5.41) is 0. The highest BCUT2D eigenvalue weighted by Gasteiger charge is 2.48. The monoisotopic (exact) mass is 479 g/mol. The average molecular weight is 479 g/mol. The molecular weight excluding hydrogens is 460 g/mol. The van der Waals surface area contributed by atoms with Crippen LogP contribution in [-0.4, -0.2) is 13.2 Å². The molecule has 178 valence electrons. The molecular formula is C22H19BF9N. The van der Waals surface area contributed by atoms with Crippen LogP contribution in [0.25, 0.3) is 0 Å². The summed E-state index contributed by atoms with van der Waals surface area (Å²) < 4.78 is 123. The van der Waals surface area contributed by atoms with Crippen molar-refractivity contribution >= 4 is 17.9 Å². The van der Waals surface area contributed by atoms with E-state index in [1.807, 2.05) is 0 Å². The first-order valence-electron chi connectivity index (χ1n) is 9.85. The van der Waals surface area contributed by atoms with Crippen LogP contribution in [0.15, 0.2) is 41.5 Å². The third-order valence-electron chi connectivity index (χ3n) is 6.04. The van der Waals surface area contributed by atoms with Crippen LogP contribution >= 0.6 is 0 Å². The maximum atomic E-state index is 13.8. The van der Waals surface area contributed by atoms with Crippen LogP contribution in [0.4, 0.5) is 45.2 Å². The van der Waals surface area contributed by atoms with Crippen LogP contribution in [0.3, 0.4) is 0 Å². The third-order valence-corrected chi connectivity index (χ3v) is 6.04. The predicted molar refractivity (Wildman–Crippen MR) is 108 cm³/mol. The van der Waals surface area contributed by atoms with Crippen molar-refractivity contribution in [3.8, 4) is 0 Å². The second-order valence-electron chi connectivity index (χ2n) is 8.15. The fourth-order valence-corrected chi connectivity index (χ4v) is 4.38. The first-order valence-corrected chi connectivity index (χ1v) is 9.85. The highest BCUT2D eigenvalue weighted by Crippen LogP contribution is 2.41. The highest BCUT2D eigenvalue weighted by atomic mass is 19.4. The number of anilines is 1. The number of alkyl halides is 9. The summed E-state index contributed by atoms with van der Waals surface area (Å²) >= 11 is 0. The third kappa shape index (κ3) is 4.59. The zero-order valence-electron chi connectivity index (χ0n) is 18.0. The molecule has 2 aromatic rings. The Hall–Kier alpha value is -2.59. The topological polar surface area (TPSA) is 3.24 Å². The van der Waals surface area contributed by atoms with E-state index >= 15 is 0 Å². The van der Waals surface area contributed by atoms with E-state index in [0.29, 0.717) is 11.4 Å². The maximum absolute atomic E-state index is 13.8. The molecule has 1 aliphatic heterocycles. The van der Waals surface area contributed by atoms with Crippen molar-refractivity contribution in [2.24, 2.45) is 0 Å². The summed E-state index contributed by atoms with van der Waals surface area (Å²) in [5.41, 5.74) is -4.17. The molecule has 0 radical (unpaired) electrons. The van der Waals surface area contributed by atoms with Crippen molar-refractivity contribution in [3.63, 3.8) is 0 Å². The van der Waals surface area contributed by atoms with Gasteiger partial charge in [-0.3, -0.25) is 0 Å². The molecule has 0 unspecified atom stereocenters. The zero-order chi connectivity index (χ0) is 25.1. The van der Waals surface area contributed by atoms with Gasteiger partial charge in [0.15, 0.2) is 0 Å². The normalized spacial score (nSPS) is 15.7. The van der Waals surface area contributed by atoms with Gasteiger partial charge in [-0.2, -0.15) is 39.5 Å². The molecule has 0 fully saturated rings. The molecule has 1 nitrogen and oxygen atoms in total. The van der Waals surface area contributed by atoms with Gasteiger partial charge in [-0.1, -0.05) is 23.7 Å². The lowest BCUT2D eigenvalue weighted by atomic mass is 9.39. The molecule has 0 saturated carbocycles. The van der Waals surface area contributed by atoms with Crippen LogP contribution in [0.5, 0.6) is 0 Å². The summed E-state index contributed by atoms with van der Waals surface area (Å²) in [4.78, 5) is 1.63. The van der Waals surface area contributed by atoms with E-state index in [2.05, 4.69) is 0 Å². The van der Waals surface area contributed by atoms with Crippen LogP contribution in [-0.2, 0) is 18.5 Å². The van der Waals surface area contributed by atoms with Gasteiger partial charge in [-0.05, 0) is 56.4 Å². The Bertz CT molecular complexity index is 1060. The van der Waals surface area contributed by atoms with Crippen LogP contribution in [0.2, 0.25) is 0 Å². The average Bonchev–Trinajstić information content (AvgIpc) is 2.93. The smallest absolute Gasteiger partial charge is 0.352 e. The number of allylic oxidation sites excluding steroid dienone is 2. The van der Waals surface area contributed by atoms with Crippen molar-refractivity contribution < 1.29 is 39.5 Å². The maximum Gasteiger partial charge on any atom is 0.416 e. The quantitative estimate of drug-likeness (QED) is 0.333. The molecule has 0 aromatic heterocycles. The molecule has 0 spiro atoms. The number of para-hydroxylation sites is 1. The van der Waals surface area contributed by atoms with E-state index < -0.39 is 47.4 Å². The Labute approximate surface area is 185 Å². The molecule has 3 rings (SSSR count). The van der Waals surface area contributed by atoms with Gasteiger partial charge >= 0.3 is 18.5 Å². The molecule has 2 aromatic carbocycles. The van der Waals surface area contributed by atoms with Crippen molar-refractivity contribution in [1.82, 2.24) is 0 Å². The van der Waals surface area contributed by atoms with Gasteiger partial charge in [-0.15, -0.1) is 0 Å². The van der Waals surface area contributed by atoms with Crippen molar-refractivity contribution in [2.75, 3.05) is 11.3 Å². The number of halogens is 9. The second kappa shape index (κ2) is 8.02. The summed E-state index contributed by atoms with van der Waals surface area (Å²) in [6, 6.07) is 4.84. The van der Waals surface area contributed by atoms with E-state index in [4.69, 9.17) is 0 Å². The summed E-state index contributed by atoms with van der Waals surface area (Å²) in [6.07, 6.45) is -16.5. The number of hydrogen-bond donors (Lipinski definition) is 0. The Morgan fingerprint density at radius 2 is 1.18 bits per heavy atom. The predicted octanol–water partition coefficient (Wildman–Crippen LogP) is 6.95. The molecule has 0 N–H and O–H groups in total. The molecule has 1 heterocycles. The molecule has 11 heteroatoms. The zero-order valence-corrected chi connectivity index (χ0v) is 18.0. The first kappa shape index (κ1) is 25.0. The molecule has 0 saturated heterocycles. The molecule has 0 bridgehead atoms. The second-order valence-corrected chi connectivity index (χ2v) is 8.15. The molecule has 0 amide bonds. The lowest BCUT2D eigenvalue weighted by Crippen LogP contribution is -2.45. The Morgan fingerprint density at radius 3 is 1.58 bits per heavy atom. The van der Waals surface area contributed by atoms with E-state index in [9.17, 15) is 39.5 Å². The molecule has 1 aliphatic rings. The standard InChI is InChI=1S/C22H19BF9N/c1-11-6-5-7-12(2)19(11)33-10-23(13(3)14(33)4)18-16(21(27,28)29)8-15(20(24,25)26)9-17(18)22(30,31)32/h5-9H,10H2,1-4H3. The Morgan fingerprint density at radius 1 is 0.727 bits per heavy atom. The van der Waals surface area contributed by atoms with Gasteiger partial charge in [0.25, 0.3) is 0 Å². The van der Waals surface area contributed by atoms with Gasteiger partial charge in [0.2, 0.25) is 6.71 Å². The number of benzene rings is 2. The van der Waals surface area contributed by atoms with Gasteiger partial charge in [-0.25, -0.2) is 0 Å². The fourth-order valence-electron chi connectivity index (χ4n) is 4.38. The van der Waals surface area contributed by atoms with E-state index in [-0.39, 0.29) is 24.0 Å². The van der Waals surface area contributed by atoms with Crippen LogP contribution in [0.1, 0.15) is 41.7 Å². The number of hydrogen-bond acceptors (Lipinski definition) is 1. The van der Waals surface area contributed by atoms with Crippen LogP contribution in [0, 0.1) is 13.8 Å². The number of rotatable bonds is 2. The van der Waals surface area contributed by atoms with Crippen LogP contribution < -0.4 is 10.4 Å². The Kier molecular flexibility index (Phi) is 6.09. The lowest BCUT2D eigenvalue weighted by molar-refractivity contribution is -0.147.